The molecule has 1 heteroatoms. The second-order valence-electron chi connectivity index (χ2n) is 3.97. The Morgan fingerprint density at radius 1 is 1.18 bits per heavy atom. The van der Waals surface area contributed by atoms with Crippen LogP contribution < -0.4 is 0 Å². The molecule has 0 aromatic rings. The maximum absolute atomic E-state index is 3.90. The van der Waals surface area contributed by atoms with Crippen molar-refractivity contribution in [3.8, 4) is 0 Å². The van der Waals surface area contributed by atoms with Gasteiger partial charge in [-0.15, -0.1) is 0 Å². The smallest absolute Gasteiger partial charge is 0.0407 e. The molecule has 66 valence electrons. The Hall–Kier alpha value is -0.330. The lowest BCUT2D eigenvalue weighted by Crippen LogP contribution is -2.10. The van der Waals surface area contributed by atoms with Crippen molar-refractivity contribution in [1.82, 2.24) is 0 Å². The Labute approximate surface area is 70.9 Å². The summed E-state index contributed by atoms with van der Waals surface area (Å²) in [5.41, 5.74) is 0. The SMILES string of the molecule is C=NC[C@H](C)CC(C)C(C)C. The number of hydrogen-bond acceptors (Lipinski definition) is 1. The van der Waals surface area contributed by atoms with Gasteiger partial charge in [0.2, 0.25) is 0 Å². The molecular formula is C10H21N. The molecule has 0 aromatic heterocycles. The van der Waals surface area contributed by atoms with Crippen LogP contribution in [0, 0.1) is 17.8 Å². The van der Waals surface area contributed by atoms with Gasteiger partial charge >= 0.3 is 0 Å². The summed E-state index contributed by atoms with van der Waals surface area (Å²) in [6, 6.07) is 0. The first-order chi connectivity index (χ1) is 5.07. The minimum Gasteiger partial charge on any atom is -0.301 e. The van der Waals surface area contributed by atoms with Crippen molar-refractivity contribution in [2.45, 2.75) is 34.1 Å². The molecule has 0 saturated carbocycles. The van der Waals surface area contributed by atoms with Gasteiger partial charge in [0.05, 0.1) is 0 Å². The van der Waals surface area contributed by atoms with Crippen molar-refractivity contribution in [2.75, 3.05) is 6.54 Å². The Kier molecular flexibility index (Phi) is 5.18. The van der Waals surface area contributed by atoms with E-state index in [-0.39, 0.29) is 0 Å². The molecule has 0 radical (unpaired) electrons. The van der Waals surface area contributed by atoms with Crippen LogP contribution in [-0.2, 0) is 0 Å². The van der Waals surface area contributed by atoms with Crippen LogP contribution in [-0.4, -0.2) is 13.3 Å². The monoisotopic (exact) mass is 155 g/mol. The van der Waals surface area contributed by atoms with E-state index in [1.807, 2.05) is 0 Å². The predicted octanol–water partition coefficient (Wildman–Crippen LogP) is 3.01. The van der Waals surface area contributed by atoms with Crippen molar-refractivity contribution < 1.29 is 0 Å². The van der Waals surface area contributed by atoms with E-state index in [1.165, 1.54) is 6.42 Å². The molecule has 1 unspecified atom stereocenters. The van der Waals surface area contributed by atoms with Crippen LogP contribution in [0.1, 0.15) is 34.1 Å². The Morgan fingerprint density at radius 3 is 2.09 bits per heavy atom. The minimum absolute atomic E-state index is 0.699. The normalized spacial score (nSPS) is 16.5. The van der Waals surface area contributed by atoms with Gasteiger partial charge in [0.15, 0.2) is 0 Å². The Balaban J connectivity index is 3.56. The number of hydrogen-bond donors (Lipinski definition) is 0. The summed E-state index contributed by atoms with van der Waals surface area (Å²) in [6.45, 7) is 13.5. The third-order valence-corrected chi connectivity index (χ3v) is 2.35. The second kappa shape index (κ2) is 5.34. The zero-order valence-electron chi connectivity index (χ0n) is 8.30. The molecule has 0 rings (SSSR count). The van der Waals surface area contributed by atoms with Crippen molar-refractivity contribution >= 4 is 6.72 Å². The van der Waals surface area contributed by atoms with Crippen LogP contribution in [0.15, 0.2) is 4.99 Å². The van der Waals surface area contributed by atoms with E-state index in [4.69, 9.17) is 0 Å². The van der Waals surface area contributed by atoms with Crippen LogP contribution in [0.2, 0.25) is 0 Å². The fourth-order valence-electron chi connectivity index (χ4n) is 1.20. The Bertz CT molecular complexity index is 107. The average Bonchev–Trinajstić information content (AvgIpc) is 1.87. The van der Waals surface area contributed by atoms with Gasteiger partial charge in [-0.25, -0.2) is 0 Å². The molecule has 0 spiro atoms. The summed E-state index contributed by atoms with van der Waals surface area (Å²) >= 11 is 0. The first-order valence-corrected chi connectivity index (χ1v) is 4.50. The minimum atomic E-state index is 0.699. The van der Waals surface area contributed by atoms with Gasteiger partial charge in [-0.3, -0.25) is 0 Å². The molecule has 2 atom stereocenters. The molecule has 0 aliphatic rings. The number of nitrogens with zero attached hydrogens (tertiary/aromatic N) is 1. The molecular weight excluding hydrogens is 134 g/mol. The number of rotatable bonds is 5. The van der Waals surface area contributed by atoms with Crippen LogP contribution in [0.3, 0.4) is 0 Å². The largest absolute Gasteiger partial charge is 0.301 e. The molecule has 0 fully saturated rings. The molecule has 0 aromatic carbocycles. The predicted molar refractivity (Wildman–Crippen MR) is 52.2 cm³/mol. The quantitative estimate of drug-likeness (QED) is 0.541. The first-order valence-electron chi connectivity index (χ1n) is 4.50. The fourth-order valence-corrected chi connectivity index (χ4v) is 1.20. The fraction of sp³-hybridized carbons (Fsp3) is 0.900. The van der Waals surface area contributed by atoms with E-state index in [2.05, 4.69) is 39.4 Å². The van der Waals surface area contributed by atoms with E-state index in [1.54, 1.807) is 0 Å². The summed E-state index contributed by atoms with van der Waals surface area (Å²) in [5.74, 6) is 2.30. The summed E-state index contributed by atoms with van der Waals surface area (Å²) in [4.78, 5) is 3.90. The second-order valence-corrected chi connectivity index (χ2v) is 3.97. The van der Waals surface area contributed by atoms with Crippen LogP contribution in [0.25, 0.3) is 0 Å². The molecule has 0 amide bonds. The maximum atomic E-state index is 3.90. The van der Waals surface area contributed by atoms with E-state index in [0.717, 1.165) is 18.4 Å². The molecule has 0 aliphatic heterocycles. The van der Waals surface area contributed by atoms with Gasteiger partial charge in [-0.2, -0.15) is 0 Å². The van der Waals surface area contributed by atoms with Crippen molar-refractivity contribution in [2.24, 2.45) is 22.7 Å². The zero-order chi connectivity index (χ0) is 8.85. The maximum Gasteiger partial charge on any atom is 0.0407 e. The number of aliphatic imine (C=N–C) groups is 1. The van der Waals surface area contributed by atoms with E-state index in [0.29, 0.717) is 5.92 Å². The van der Waals surface area contributed by atoms with Gasteiger partial charge in [0, 0.05) is 6.54 Å². The lowest BCUT2D eigenvalue weighted by Gasteiger charge is -2.18. The van der Waals surface area contributed by atoms with Gasteiger partial charge in [-0.05, 0) is 30.9 Å². The highest BCUT2D eigenvalue weighted by Crippen LogP contribution is 2.19. The van der Waals surface area contributed by atoms with E-state index in [9.17, 15) is 0 Å². The van der Waals surface area contributed by atoms with Gasteiger partial charge in [0.1, 0.15) is 0 Å². The molecule has 0 bridgehead atoms. The lowest BCUT2D eigenvalue weighted by atomic mass is 9.89. The highest BCUT2D eigenvalue weighted by atomic mass is 14.7. The van der Waals surface area contributed by atoms with Gasteiger partial charge in [-0.1, -0.05) is 27.7 Å². The molecule has 0 aliphatic carbocycles. The summed E-state index contributed by atoms with van der Waals surface area (Å²) in [7, 11) is 0. The van der Waals surface area contributed by atoms with E-state index >= 15 is 0 Å². The van der Waals surface area contributed by atoms with Gasteiger partial charge < -0.3 is 4.99 Å². The lowest BCUT2D eigenvalue weighted by molar-refractivity contribution is 0.336. The van der Waals surface area contributed by atoms with Crippen molar-refractivity contribution in [3.63, 3.8) is 0 Å². The topological polar surface area (TPSA) is 12.4 Å². The van der Waals surface area contributed by atoms with Crippen molar-refractivity contribution in [1.29, 1.82) is 0 Å². The molecule has 0 heterocycles. The molecule has 1 nitrogen and oxygen atoms in total. The molecule has 11 heavy (non-hydrogen) atoms. The third-order valence-electron chi connectivity index (χ3n) is 2.35. The highest BCUT2D eigenvalue weighted by molar-refractivity contribution is 5.23. The average molecular weight is 155 g/mol. The van der Waals surface area contributed by atoms with Crippen LogP contribution in [0.4, 0.5) is 0 Å². The van der Waals surface area contributed by atoms with E-state index < -0.39 is 0 Å². The summed E-state index contributed by atoms with van der Waals surface area (Å²) < 4.78 is 0. The highest BCUT2D eigenvalue weighted by Gasteiger charge is 2.10. The standard InChI is InChI=1S/C10H21N/c1-8(2)10(4)6-9(3)7-11-5/h8-10H,5-7H2,1-4H3/t9-,10?/m1/s1. The zero-order valence-corrected chi connectivity index (χ0v) is 8.30. The summed E-state index contributed by atoms with van der Waals surface area (Å²) in [5, 5.41) is 0. The van der Waals surface area contributed by atoms with Crippen molar-refractivity contribution in [3.05, 3.63) is 0 Å². The molecule has 0 N–H and O–H groups in total. The third kappa shape index (κ3) is 5.00. The van der Waals surface area contributed by atoms with Crippen LogP contribution in [0.5, 0.6) is 0 Å². The van der Waals surface area contributed by atoms with Crippen LogP contribution >= 0.6 is 0 Å². The Morgan fingerprint density at radius 2 is 1.73 bits per heavy atom. The molecule has 0 saturated heterocycles. The van der Waals surface area contributed by atoms with Gasteiger partial charge in [0.25, 0.3) is 0 Å². The first kappa shape index (κ1) is 10.7. The summed E-state index contributed by atoms with van der Waals surface area (Å²) in [6.07, 6.45) is 1.27.